The third kappa shape index (κ3) is 4.71. The van der Waals surface area contributed by atoms with Gasteiger partial charge in [-0.15, -0.1) is 0 Å². The van der Waals surface area contributed by atoms with Gasteiger partial charge in [-0.1, -0.05) is 72.8 Å². The Hall–Kier alpha value is -4.17. The Bertz CT molecular complexity index is 1210. The Kier molecular flexibility index (Phi) is 5.91. The first-order valence-corrected chi connectivity index (χ1v) is 10.1. The molecule has 0 fully saturated rings. The van der Waals surface area contributed by atoms with Crippen molar-refractivity contribution in [2.45, 2.75) is 13.1 Å². The van der Waals surface area contributed by atoms with E-state index in [0.717, 1.165) is 16.7 Å². The second kappa shape index (κ2) is 9.10. The van der Waals surface area contributed by atoms with Crippen LogP contribution in [0.4, 0.5) is 0 Å². The van der Waals surface area contributed by atoms with E-state index in [1.807, 2.05) is 83.7 Å². The zero-order valence-corrected chi connectivity index (χ0v) is 17.3. The summed E-state index contributed by atoms with van der Waals surface area (Å²) in [6, 6.07) is 29.2. The van der Waals surface area contributed by atoms with Gasteiger partial charge in [0.15, 0.2) is 0 Å². The molecule has 0 saturated heterocycles. The van der Waals surface area contributed by atoms with Gasteiger partial charge in [0.2, 0.25) is 0 Å². The lowest BCUT2D eigenvalue weighted by molar-refractivity contribution is 0.0785. The van der Waals surface area contributed by atoms with E-state index in [0.29, 0.717) is 29.9 Å². The number of carbonyl (C=O) groups excluding carboxylic acids is 1. The number of hydrogen-bond acceptors (Lipinski definition) is 3. The van der Waals surface area contributed by atoms with E-state index in [2.05, 4.69) is 6.07 Å². The van der Waals surface area contributed by atoms with Gasteiger partial charge in [0.25, 0.3) is 5.91 Å². The van der Waals surface area contributed by atoms with Gasteiger partial charge in [-0.05, 0) is 23.3 Å². The van der Waals surface area contributed by atoms with Crippen LogP contribution in [-0.4, -0.2) is 27.6 Å². The molecule has 4 rings (SSSR count). The average Bonchev–Trinajstić information content (AvgIpc) is 3.24. The van der Waals surface area contributed by atoms with Crippen molar-refractivity contribution in [3.8, 4) is 17.3 Å². The molecule has 3 aromatic carbocycles. The largest absolute Gasteiger partial charge is 0.337 e. The maximum atomic E-state index is 13.4. The highest BCUT2D eigenvalue weighted by atomic mass is 16.2. The summed E-state index contributed by atoms with van der Waals surface area (Å²) < 4.78 is 1.82. The van der Waals surface area contributed by atoms with Crippen LogP contribution in [0.25, 0.3) is 11.3 Å². The topological polar surface area (TPSA) is 61.9 Å². The Labute approximate surface area is 181 Å². The second-order valence-electron chi connectivity index (χ2n) is 7.41. The summed E-state index contributed by atoms with van der Waals surface area (Å²) in [6.45, 7) is 1.04. The predicted molar refractivity (Wildman–Crippen MR) is 120 cm³/mol. The fourth-order valence-electron chi connectivity index (χ4n) is 3.47. The molecule has 0 bridgehead atoms. The van der Waals surface area contributed by atoms with E-state index in [4.69, 9.17) is 10.4 Å². The minimum atomic E-state index is -0.0949. The highest BCUT2D eigenvalue weighted by molar-refractivity contribution is 5.99. The summed E-state index contributed by atoms with van der Waals surface area (Å²) >= 11 is 0. The van der Waals surface area contributed by atoms with Gasteiger partial charge < -0.3 is 4.90 Å². The van der Waals surface area contributed by atoms with Crippen LogP contribution in [0.2, 0.25) is 0 Å². The van der Waals surface area contributed by atoms with Gasteiger partial charge in [-0.3, -0.25) is 9.48 Å². The molecule has 5 heteroatoms. The lowest BCUT2D eigenvalue weighted by Gasteiger charge is -2.17. The second-order valence-corrected chi connectivity index (χ2v) is 7.41. The molecule has 1 aromatic heterocycles. The molecular formula is C26H22N4O. The van der Waals surface area contributed by atoms with E-state index >= 15 is 0 Å². The molecule has 0 unspecified atom stereocenters. The molecule has 5 nitrogen and oxygen atoms in total. The molecule has 0 spiro atoms. The first-order chi connectivity index (χ1) is 15.1. The fourth-order valence-corrected chi connectivity index (χ4v) is 3.47. The molecule has 0 aliphatic heterocycles. The Balaban J connectivity index is 1.63. The molecule has 0 saturated carbocycles. The van der Waals surface area contributed by atoms with Crippen LogP contribution in [0.5, 0.6) is 0 Å². The van der Waals surface area contributed by atoms with Gasteiger partial charge >= 0.3 is 0 Å². The number of nitriles is 1. The number of benzene rings is 3. The lowest BCUT2D eigenvalue weighted by Crippen LogP contribution is -2.26. The summed E-state index contributed by atoms with van der Waals surface area (Å²) in [7, 11) is 1.78. The van der Waals surface area contributed by atoms with Crippen molar-refractivity contribution in [1.29, 1.82) is 5.26 Å². The summed E-state index contributed by atoms with van der Waals surface area (Å²) in [5.74, 6) is -0.0949. The first-order valence-electron chi connectivity index (χ1n) is 10.1. The molecule has 31 heavy (non-hydrogen) atoms. The smallest absolute Gasteiger partial charge is 0.257 e. The molecule has 4 aromatic rings. The van der Waals surface area contributed by atoms with Crippen LogP contribution < -0.4 is 0 Å². The maximum absolute atomic E-state index is 13.4. The standard InChI is InChI=1S/C26H22N4O/c1-29(17-22-14-12-20(16-27)13-15-22)26(31)24-19-30(18-21-8-4-2-5-9-21)28-25(24)23-10-6-3-7-11-23/h2-15,19H,17-18H2,1H3. The van der Waals surface area contributed by atoms with Gasteiger partial charge in [-0.2, -0.15) is 10.4 Å². The van der Waals surface area contributed by atoms with Crippen molar-refractivity contribution in [2.75, 3.05) is 7.05 Å². The van der Waals surface area contributed by atoms with Crippen molar-refractivity contribution < 1.29 is 4.79 Å². The van der Waals surface area contributed by atoms with Crippen LogP contribution in [0.1, 0.15) is 27.0 Å². The Morgan fingerprint density at radius 2 is 1.58 bits per heavy atom. The van der Waals surface area contributed by atoms with Crippen LogP contribution in [-0.2, 0) is 13.1 Å². The summed E-state index contributed by atoms with van der Waals surface area (Å²) in [4.78, 5) is 15.0. The molecule has 0 radical (unpaired) electrons. The molecule has 152 valence electrons. The van der Waals surface area contributed by atoms with Gasteiger partial charge in [0.1, 0.15) is 5.69 Å². The number of hydrogen-bond donors (Lipinski definition) is 0. The average molecular weight is 406 g/mol. The van der Waals surface area contributed by atoms with E-state index in [-0.39, 0.29) is 5.91 Å². The van der Waals surface area contributed by atoms with E-state index in [9.17, 15) is 4.79 Å². The van der Waals surface area contributed by atoms with Gasteiger partial charge in [0, 0.05) is 25.4 Å². The maximum Gasteiger partial charge on any atom is 0.257 e. The number of amides is 1. The third-order valence-electron chi connectivity index (χ3n) is 5.08. The van der Waals surface area contributed by atoms with Crippen molar-refractivity contribution >= 4 is 5.91 Å². The van der Waals surface area contributed by atoms with Crippen LogP contribution in [0.3, 0.4) is 0 Å². The summed E-state index contributed by atoms with van der Waals surface area (Å²) in [5, 5.41) is 13.7. The quantitative estimate of drug-likeness (QED) is 0.465. The zero-order chi connectivity index (χ0) is 21.6. The first kappa shape index (κ1) is 20.1. The SMILES string of the molecule is CN(Cc1ccc(C#N)cc1)C(=O)c1cn(Cc2ccccc2)nc1-c1ccccc1. The summed E-state index contributed by atoms with van der Waals surface area (Å²) in [5.41, 5.74) is 4.84. The summed E-state index contributed by atoms with van der Waals surface area (Å²) in [6.07, 6.45) is 1.83. The van der Waals surface area contributed by atoms with Crippen molar-refractivity contribution in [2.24, 2.45) is 0 Å². The monoisotopic (exact) mass is 406 g/mol. The lowest BCUT2D eigenvalue weighted by atomic mass is 10.1. The van der Waals surface area contributed by atoms with Crippen molar-refractivity contribution in [3.05, 3.63) is 113 Å². The molecule has 0 N–H and O–H groups in total. The molecular weight excluding hydrogens is 384 g/mol. The molecule has 1 heterocycles. The van der Waals surface area contributed by atoms with Crippen molar-refractivity contribution in [1.82, 2.24) is 14.7 Å². The van der Waals surface area contributed by atoms with Crippen molar-refractivity contribution in [3.63, 3.8) is 0 Å². The van der Waals surface area contributed by atoms with E-state index in [1.165, 1.54) is 0 Å². The van der Waals surface area contributed by atoms with Gasteiger partial charge in [-0.25, -0.2) is 0 Å². The van der Waals surface area contributed by atoms with Crippen LogP contribution in [0, 0.1) is 11.3 Å². The number of rotatable bonds is 6. The van der Waals surface area contributed by atoms with Gasteiger partial charge in [0.05, 0.1) is 23.7 Å². The van der Waals surface area contributed by atoms with E-state index < -0.39 is 0 Å². The van der Waals surface area contributed by atoms with E-state index in [1.54, 1.807) is 24.1 Å². The predicted octanol–water partition coefficient (Wildman–Crippen LogP) is 4.74. The minimum absolute atomic E-state index is 0.0949. The van der Waals surface area contributed by atoms with Crippen LogP contribution in [0.15, 0.2) is 91.1 Å². The van der Waals surface area contributed by atoms with Crippen LogP contribution >= 0.6 is 0 Å². The number of carbonyl (C=O) groups is 1. The number of aromatic nitrogens is 2. The normalized spacial score (nSPS) is 10.5. The molecule has 0 aliphatic carbocycles. The molecule has 0 aliphatic rings. The highest BCUT2D eigenvalue weighted by Gasteiger charge is 2.21. The zero-order valence-electron chi connectivity index (χ0n) is 17.3. The number of nitrogens with zero attached hydrogens (tertiary/aromatic N) is 4. The Morgan fingerprint density at radius 1 is 0.935 bits per heavy atom. The highest BCUT2D eigenvalue weighted by Crippen LogP contribution is 2.24. The Morgan fingerprint density at radius 3 is 2.23 bits per heavy atom. The molecule has 1 amide bonds. The third-order valence-corrected chi connectivity index (χ3v) is 5.08. The minimum Gasteiger partial charge on any atom is -0.337 e. The molecule has 0 atom stereocenters. The fraction of sp³-hybridized carbons (Fsp3) is 0.115.